The summed E-state index contributed by atoms with van der Waals surface area (Å²) in [4.78, 5) is 0. The molecule has 0 heterocycles. The molecule has 1 aromatic rings. The van der Waals surface area contributed by atoms with Crippen LogP contribution in [0.2, 0.25) is 0 Å². The molecule has 0 aromatic heterocycles. The quantitative estimate of drug-likeness (QED) is 0.612. The third kappa shape index (κ3) is 2.53. The lowest BCUT2D eigenvalue weighted by Gasteiger charge is -2.22. The van der Waals surface area contributed by atoms with Gasteiger partial charge in [0.05, 0.1) is 0 Å². The van der Waals surface area contributed by atoms with Crippen molar-refractivity contribution in [2.75, 3.05) is 0 Å². The molecular formula is C10H13BF3-. The fourth-order valence-electron chi connectivity index (χ4n) is 1.21. The minimum Gasteiger partial charge on any atom is -0.445 e. The lowest BCUT2D eigenvalue weighted by atomic mass is 9.76. The summed E-state index contributed by atoms with van der Waals surface area (Å²) in [7, 11) is 0. The molecule has 0 fully saturated rings. The molecule has 0 N–H and O–H groups in total. The Bertz CT molecular complexity index is 294. The van der Waals surface area contributed by atoms with E-state index in [1.54, 1.807) is 6.07 Å². The van der Waals surface area contributed by atoms with E-state index in [9.17, 15) is 12.9 Å². The summed E-state index contributed by atoms with van der Waals surface area (Å²) in [6.45, 7) is 0.819. The molecule has 0 saturated heterocycles. The maximum atomic E-state index is 12.4. The van der Waals surface area contributed by atoms with Crippen molar-refractivity contribution in [3.05, 3.63) is 29.8 Å². The van der Waals surface area contributed by atoms with Gasteiger partial charge in [-0.2, -0.15) is 0 Å². The molecule has 0 radical (unpaired) electrons. The Kier molecular flexibility index (Phi) is 2.66. The maximum absolute atomic E-state index is 12.4. The van der Waals surface area contributed by atoms with Gasteiger partial charge in [0, 0.05) is 0 Å². The van der Waals surface area contributed by atoms with Gasteiger partial charge in [-0.3, -0.25) is 0 Å². The van der Waals surface area contributed by atoms with Gasteiger partial charge in [0.15, 0.2) is 0 Å². The molecule has 1 rings (SSSR count). The molecule has 0 unspecified atom stereocenters. The van der Waals surface area contributed by atoms with E-state index in [2.05, 4.69) is 0 Å². The molecule has 0 amide bonds. The monoisotopic (exact) mass is 201 g/mol. The van der Waals surface area contributed by atoms with Crippen molar-refractivity contribution < 1.29 is 12.9 Å². The molecule has 0 atom stereocenters. The van der Waals surface area contributed by atoms with E-state index in [0.29, 0.717) is 5.56 Å². The Hall–Kier alpha value is -0.925. The van der Waals surface area contributed by atoms with Crippen LogP contribution in [-0.2, 0) is 5.41 Å². The molecule has 14 heavy (non-hydrogen) atoms. The first-order chi connectivity index (χ1) is 6.21. The molecule has 0 aliphatic rings. The summed E-state index contributed by atoms with van der Waals surface area (Å²) in [6, 6.07) is 5.55. The SMILES string of the molecule is CC(C)(C)c1cccc([B-](F)(F)F)c1. The number of benzene rings is 1. The van der Waals surface area contributed by atoms with Crippen molar-refractivity contribution in [2.45, 2.75) is 26.2 Å². The fraction of sp³-hybridized carbons (Fsp3) is 0.400. The standard InChI is InChI=1S/C10H13BF3/c1-10(2,3)8-5-4-6-9(7-8)11(12,13)14/h4-7H,1-3H3/q-1. The fourth-order valence-corrected chi connectivity index (χ4v) is 1.21. The molecule has 1 aromatic carbocycles. The highest BCUT2D eigenvalue weighted by molar-refractivity contribution is 6.73. The number of hydrogen-bond acceptors (Lipinski definition) is 0. The average molecular weight is 201 g/mol. The third-order valence-corrected chi connectivity index (χ3v) is 2.13. The Labute approximate surface area is 82.2 Å². The van der Waals surface area contributed by atoms with Gasteiger partial charge in [-0.25, -0.2) is 0 Å². The smallest absolute Gasteiger partial charge is 0.445 e. The normalized spacial score (nSPS) is 13.0. The van der Waals surface area contributed by atoms with Crippen molar-refractivity contribution >= 4 is 12.4 Å². The molecule has 0 nitrogen and oxygen atoms in total. The number of hydrogen-bond donors (Lipinski definition) is 0. The molecular weight excluding hydrogens is 188 g/mol. The number of rotatable bonds is 1. The zero-order valence-electron chi connectivity index (χ0n) is 8.52. The molecule has 78 valence electrons. The van der Waals surface area contributed by atoms with Crippen LogP contribution in [0.15, 0.2) is 24.3 Å². The van der Waals surface area contributed by atoms with E-state index < -0.39 is 12.4 Å². The van der Waals surface area contributed by atoms with E-state index in [-0.39, 0.29) is 5.41 Å². The maximum Gasteiger partial charge on any atom is 0.509 e. The van der Waals surface area contributed by atoms with Gasteiger partial charge in [0.25, 0.3) is 0 Å². The van der Waals surface area contributed by atoms with Crippen molar-refractivity contribution in [2.24, 2.45) is 0 Å². The Balaban J connectivity index is 3.15. The predicted octanol–water partition coefficient (Wildman–Crippen LogP) is 3.04. The highest BCUT2D eigenvalue weighted by Gasteiger charge is 2.26. The minimum atomic E-state index is -4.88. The van der Waals surface area contributed by atoms with Crippen LogP contribution in [0, 0.1) is 0 Å². The zero-order valence-corrected chi connectivity index (χ0v) is 8.52. The summed E-state index contributed by atoms with van der Waals surface area (Å²) in [6.07, 6.45) is 0. The van der Waals surface area contributed by atoms with Gasteiger partial charge in [-0.05, 0) is 11.0 Å². The third-order valence-electron chi connectivity index (χ3n) is 2.13. The van der Waals surface area contributed by atoms with E-state index in [1.807, 2.05) is 20.8 Å². The molecule has 0 aliphatic heterocycles. The molecule has 0 bridgehead atoms. The van der Waals surface area contributed by atoms with Crippen LogP contribution in [-0.4, -0.2) is 6.98 Å². The van der Waals surface area contributed by atoms with E-state index in [1.165, 1.54) is 12.1 Å². The van der Waals surface area contributed by atoms with Gasteiger partial charge in [0.1, 0.15) is 0 Å². The molecule has 0 aliphatic carbocycles. The highest BCUT2D eigenvalue weighted by Crippen LogP contribution is 2.22. The van der Waals surface area contributed by atoms with Crippen LogP contribution in [0.3, 0.4) is 0 Å². The van der Waals surface area contributed by atoms with Gasteiger partial charge in [-0.15, -0.1) is 5.46 Å². The van der Waals surface area contributed by atoms with E-state index in [0.717, 1.165) is 6.07 Å². The predicted molar refractivity (Wildman–Crippen MR) is 53.9 cm³/mol. The first kappa shape index (κ1) is 11.2. The van der Waals surface area contributed by atoms with Crippen LogP contribution < -0.4 is 5.46 Å². The van der Waals surface area contributed by atoms with Crippen molar-refractivity contribution in [3.8, 4) is 0 Å². The molecule has 4 heteroatoms. The molecule has 0 saturated carbocycles. The van der Waals surface area contributed by atoms with Gasteiger partial charge < -0.3 is 12.9 Å². The van der Waals surface area contributed by atoms with Gasteiger partial charge in [-0.1, -0.05) is 45.0 Å². The van der Waals surface area contributed by atoms with Crippen LogP contribution in [0.4, 0.5) is 12.9 Å². The van der Waals surface area contributed by atoms with Gasteiger partial charge in [0.2, 0.25) is 0 Å². The highest BCUT2D eigenvalue weighted by atomic mass is 19.4. The summed E-state index contributed by atoms with van der Waals surface area (Å²) < 4.78 is 37.3. The Morgan fingerprint density at radius 2 is 1.64 bits per heavy atom. The Morgan fingerprint density at radius 1 is 1.07 bits per heavy atom. The van der Waals surface area contributed by atoms with E-state index >= 15 is 0 Å². The number of halogens is 3. The van der Waals surface area contributed by atoms with Crippen molar-refractivity contribution in [1.82, 2.24) is 0 Å². The van der Waals surface area contributed by atoms with E-state index in [4.69, 9.17) is 0 Å². The van der Waals surface area contributed by atoms with Crippen LogP contribution in [0.25, 0.3) is 0 Å². The second kappa shape index (κ2) is 3.33. The molecule has 0 spiro atoms. The second-order valence-corrected chi connectivity index (χ2v) is 4.45. The largest absolute Gasteiger partial charge is 0.509 e. The van der Waals surface area contributed by atoms with Crippen molar-refractivity contribution in [3.63, 3.8) is 0 Å². The van der Waals surface area contributed by atoms with Crippen molar-refractivity contribution in [1.29, 1.82) is 0 Å². The summed E-state index contributed by atoms with van der Waals surface area (Å²) in [5, 5.41) is 0. The minimum absolute atomic E-state index is 0.239. The summed E-state index contributed by atoms with van der Waals surface area (Å²) >= 11 is 0. The lowest BCUT2D eigenvalue weighted by Crippen LogP contribution is -2.34. The second-order valence-electron chi connectivity index (χ2n) is 4.45. The first-order valence-electron chi connectivity index (χ1n) is 4.51. The summed E-state index contributed by atoms with van der Waals surface area (Å²) in [5.74, 6) is 0. The first-order valence-corrected chi connectivity index (χ1v) is 4.51. The van der Waals surface area contributed by atoms with Gasteiger partial charge >= 0.3 is 6.98 Å². The zero-order chi connectivity index (χ0) is 11.0. The van der Waals surface area contributed by atoms with Crippen LogP contribution >= 0.6 is 0 Å². The summed E-state index contributed by atoms with van der Waals surface area (Å²) in [5.41, 5.74) is -0.0382. The average Bonchev–Trinajstić information content (AvgIpc) is 2.01. The van der Waals surface area contributed by atoms with Crippen LogP contribution in [0.1, 0.15) is 26.3 Å². The topological polar surface area (TPSA) is 0 Å². The lowest BCUT2D eigenvalue weighted by molar-refractivity contribution is 0.500. The van der Waals surface area contributed by atoms with Crippen LogP contribution in [0.5, 0.6) is 0 Å². The Morgan fingerprint density at radius 3 is 2.07 bits per heavy atom.